The standard InChI is InChI=1S/C10H14N4O3/c1-10(2,7(15)16)6-13-9(17)14-8-11-4-3-5-12-8/h3-5H,6H2,1-2H3,(H,15,16)(H2,11,12,13,14,17). The molecule has 1 aromatic rings. The van der Waals surface area contributed by atoms with Crippen molar-refractivity contribution in [2.45, 2.75) is 13.8 Å². The largest absolute Gasteiger partial charge is 0.481 e. The van der Waals surface area contributed by atoms with E-state index in [1.807, 2.05) is 0 Å². The van der Waals surface area contributed by atoms with Gasteiger partial charge in [-0.3, -0.25) is 10.1 Å². The van der Waals surface area contributed by atoms with Gasteiger partial charge in [-0.25, -0.2) is 14.8 Å². The van der Waals surface area contributed by atoms with Crippen LogP contribution in [0.25, 0.3) is 0 Å². The minimum Gasteiger partial charge on any atom is -0.481 e. The van der Waals surface area contributed by atoms with E-state index < -0.39 is 17.4 Å². The summed E-state index contributed by atoms with van der Waals surface area (Å²) in [4.78, 5) is 29.8. The van der Waals surface area contributed by atoms with Gasteiger partial charge < -0.3 is 10.4 Å². The Morgan fingerprint density at radius 1 is 1.35 bits per heavy atom. The maximum absolute atomic E-state index is 11.4. The third-order valence-electron chi connectivity index (χ3n) is 2.06. The van der Waals surface area contributed by atoms with E-state index in [1.165, 1.54) is 26.2 Å². The fourth-order valence-corrected chi connectivity index (χ4v) is 0.886. The zero-order valence-electron chi connectivity index (χ0n) is 9.60. The Morgan fingerprint density at radius 3 is 2.47 bits per heavy atom. The predicted octanol–water partition coefficient (Wildman–Crippen LogP) is 0.709. The first kappa shape index (κ1) is 12.9. The maximum Gasteiger partial charge on any atom is 0.321 e. The molecule has 0 aliphatic rings. The Balaban J connectivity index is 2.44. The predicted molar refractivity (Wildman–Crippen MR) is 60.5 cm³/mol. The topological polar surface area (TPSA) is 104 Å². The lowest BCUT2D eigenvalue weighted by Crippen LogP contribution is -2.40. The van der Waals surface area contributed by atoms with Gasteiger partial charge in [0.25, 0.3) is 0 Å². The molecule has 17 heavy (non-hydrogen) atoms. The van der Waals surface area contributed by atoms with Crippen molar-refractivity contribution < 1.29 is 14.7 Å². The van der Waals surface area contributed by atoms with Crippen LogP contribution >= 0.6 is 0 Å². The highest BCUT2D eigenvalue weighted by molar-refractivity contribution is 5.87. The highest BCUT2D eigenvalue weighted by atomic mass is 16.4. The summed E-state index contributed by atoms with van der Waals surface area (Å²) in [5.74, 6) is -0.813. The molecule has 1 aromatic heterocycles. The average Bonchev–Trinajstić information content (AvgIpc) is 2.28. The molecule has 0 fully saturated rings. The summed E-state index contributed by atoms with van der Waals surface area (Å²) in [5.41, 5.74) is -1.02. The van der Waals surface area contributed by atoms with Gasteiger partial charge in [0, 0.05) is 18.9 Å². The summed E-state index contributed by atoms with van der Waals surface area (Å²) in [6, 6.07) is 1.09. The Kier molecular flexibility index (Phi) is 3.97. The van der Waals surface area contributed by atoms with E-state index in [-0.39, 0.29) is 12.5 Å². The van der Waals surface area contributed by atoms with E-state index >= 15 is 0 Å². The lowest BCUT2D eigenvalue weighted by molar-refractivity contribution is -0.146. The number of carboxylic acids is 1. The summed E-state index contributed by atoms with van der Waals surface area (Å²) < 4.78 is 0. The minimum absolute atomic E-state index is 0.0149. The Hall–Kier alpha value is -2.18. The molecule has 0 saturated heterocycles. The molecule has 7 nitrogen and oxygen atoms in total. The van der Waals surface area contributed by atoms with E-state index in [4.69, 9.17) is 5.11 Å². The van der Waals surface area contributed by atoms with Crippen molar-refractivity contribution in [2.24, 2.45) is 5.41 Å². The molecule has 0 radical (unpaired) electrons. The van der Waals surface area contributed by atoms with Crippen LogP contribution in [-0.4, -0.2) is 33.6 Å². The molecular weight excluding hydrogens is 224 g/mol. The number of hydrogen-bond acceptors (Lipinski definition) is 4. The van der Waals surface area contributed by atoms with Crippen molar-refractivity contribution >= 4 is 17.9 Å². The molecule has 92 valence electrons. The van der Waals surface area contributed by atoms with E-state index in [9.17, 15) is 9.59 Å². The number of amides is 2. The molecule has 1 heterocycles. The van der Waals surface area contributed by atoms with Crippen LogP contribution in [0.2, 0.25) is 0 Å². The number of aromatic nitrogens is 2. The zero-order valence-corrected chi connectivity index (χ0v) is 9.60. The SMILES string of the molecule is CC(C)(CNC(=O)Nc1ncccn1)C(=O)O. The van der Waals surface area contributed by atoms with Crippen molar-refractivity contribution in [1.82, 2.24) is 15.3 Å². The summed E-state index contributed by atoms with van der Waals surface area (Å²) in [6.45, 7) is 3.06. The summed E-state index contributed by atoms with van der Waals surface area (Å²) in [6.07, 6.45) is 2.98. The van der Waals surface area contributed by atoms with Crippen LogP contribution in [0.15, 0.2) is 18.5 Å². The van der Waals surface area contributed by atoms with Gasteiger partial charge in [0.15, 0.2) is 0 Å². The van der Waals surface area contributed by atoms with Crippen molar-refractivity contribution in [3.05, 3.63) is 18.5 Å². The second-order valence-electron chi connectivity index (χ2n) is 4.07. The number of carboxylic acid groups (broad SMARTS) is 1. The van der Waals surface area contributed by atoms with E-state index in [0.717, 1.165) is 0 Å². The molecule has 2 amide bonds. The van der Waals surface area contributed by atoms with Gasteiger partial charge in [-0.05, 0) is 19.9 Å². The quantitative estimate of drug-likeness (QED) is 0.716. The van der Waals surface area contributed by atoms with Crippen LogP contribution in [0, 0.1) is 5.41 Å². The van der Waals surface area contributed by atoms with Gasteiger partial charge in [0.2, 0.25) is 5.95 Å². The van der Waals surface area contributed by atoms with E-state index in [2.05, 4.69) is 20.6 Å². The molecule has 0 spiro atoms. The second-order valence-corrected chi connectivity index (χ2v) is 4.07. The smallest absolute Gasteiger partial charge is 0.321 e. The third kappa shape index (κ3) is 4.06. The lowest BCUT2D eigenvalue weighted by atomic mass is 9.94. The summed E-state index contributed by atoms with van der Waals surface area (Å²) >= 11 is 0. The number of nitrogens with zero attached hydrogens (tertiary/aromatic N) is 2. The van der Waals surface area contributed by atoms with E-state index in [1.54, 1.807) is 6.07 Å². The molecule has 0 aromatic carbocycles. The van der Waals surface area contributed by atoms with Gasteiger partial charge in [-0.1, -0.05) is 0 Å². The molecule has 0 atom stereocenters. The molecule has 0 aliphatic carbocycles. The van der Waals surface area contributed by atoms with Crippen molar-refractivity contribution in [2.75, 3.05) is 11.9 Å². The molecule has 3 N–H and O–H groups in total. The summed E-state index contributed by atoms with van der Waals surface area (Å²) in [7, 11) is 0. The van der Waals surface area contributed by atoms with Crippen LogP contribution in [0.1, 0.15) is 13.8 Å². The van der Waals surface area contributed by atoms with E-state index in [0.29, 0.717) is 0 Å². The number of carbonyl (C=O) groups is 2. The Morgan fingerprint density at radius 2 is 1.94 bits per heavy atom. The number of rotatable bonds is 4. The van der Waals surface area contributed by atoms with Crippen molar-refractivity contribution in [3.63, 3.8) is 0 Å². The number of urea groups is 1. The average molecular weight is 238 g/mol. The van der Waals surface area contributed by atoms with Crippen LogP contribution in [0.5, 0.6) is 0 Å². The minimum atomic E-state index is -1.02. The highest BCUT2D eigenvalue weighted by Crippen LogP contribution is 2.12. The molecule has 0 bridgehead atoms. The highest BCUT2D eigenvalue weighted by Gasteiger charge is 2.27. The van der Waals surface area contributed by atoms with Crippen molar-refractivity contribution in [1.29, 1.82) is 0 Å². The van der Waals surface area contributed by atoms with Gasteiger partial charge in [-0.2, -0.15) is 0 Å². The third-order valence-corrected chi connectivity index (χ3v) is 2.06. The number of aliphatic carboxylic acids is 1. The molecular formula is C10H14N4O3. The first-order valence-electron chi connectivity index (χ1n) is 4.97. The van der Waals surface area contributed by atoms with Crippen LogP contribution in [0.3, 0.4) is 0 Å². The first-order chi connectivity index (χ1) is 7.92. The lowest BCUT2D eigenvalue weighted by Gasteiger charge is -2.19. The van der Waals surface area contributed by atoms with Gasteiger partial charge in [0.1, 0.15) is 0 Å². The van der Waals surface area contributed by atoms with Gasteiger partial charge in [-0.15, -0.1) is 0 Å². The molecule has 0 saturated carbocycles. The molecule has 1 rings (SSSR count). The molecule has 0 unspecified atom stereocenters. The molecule has 7 heteroatoms. The Bertz CT molecular complexity index is 405. The monoisotopic (exact) mass is 238 g/mol. The number of anilines is 1. The maximum atomic E-state index is 11.4. The summed E-state index contributed by atoms with van der Waals surface area (Å²) in [5, 5.41) is 13.7. The van der Waals surface area contributed by atoms with Gasteiger partial charge in [0.05, 0.1) is 5.41 Å². The number of hydrogen-bond donors (Lipinski definition) is 3. The fourth-order valence-electron chi connectivity index (χ4n) is 0.886. The van der Waals surface area contributed by atoms with Crippen LogP contribution < -0.4 is 10.6 Å². The number of carbonyl (C=O) groups excluding carboxylic acids is 1. The second kappa shape index (κ2) is 5.24. The van der Waals surface area contributed by atoms with Crippen LogP contribution in [-0.2, 0) is 4.79 Å². The van der Waals surface area contributed by atoms with Crippen molar-refractivity contribution in [3.8, 4) is 0 Å². The molecule has 0 aliphatic heterocycles. The van der Waals surface area contributed by atoms with Gasteiger partial charge >= 0.3 is 12.0 Å². The number of nitrogens with one attached hydrogen (secondary N) is 2. The normalized spacial score (nSPS) is 10.7. The zero-order chi connectivity index (χ0) is 12.9. The fraction of sp³-hybridized carbons (Fsp3) is 0.400. The Labute approximate surface area is 98.3 Å². The van der Waals surface area contributed by atoms with Crippen LogP contribution in [0.4, 0.5) is 10.7 Å². The first-order valence-corrected chi connectivity index (χ1v) is 4.97.